The van der Waals surface area contributed by atoms with E-state index in [1.165, 1.54) is 29.5 Å². The molecule has 0 amide bonds. The van der Waals surface area contributed by atoms with Crippen molar-refractivity contribution in [2.45, 2.75) is 32.4 Å². The van der Waals surface area contributed by atoms with E-state index in [1.807, 2.05) is 12.1 Å². The van der Waals surface area contributed by atoms with E-state index in [0.717, 1.165) is 18.2 Å². The number of aryl methyl sites for hydroxylation is 1. The second-order valence-electron chi connectivity index (χ2n) is 5.95. The molecule has 2 aromatic rings. The molecule has 2 nitrogen and oxygen atoms in total. The molecule has 1 N–H and O–H groups in total. The molecule has 0 aromatic heterocycles. The van der Waals surface area contributed by atoms with Crippen molar-refractivity contribution in [1.82, 2.24) is 5.32 Å². The summed E-state index contributed by atoms with van der Waals surface area (Å²) in [6.07, 6.45) is 2.68. The van der Waals surface area contributed by atoms with E-state index in [9.17, 15) is 0 Å². The molecule has 1 saturated carbocycles. The van der Waals surface area contributed by atoms with E-state index >= 15 is 0 Å². The maximum absolute atomic E-state index is 5.20. The standard InChI is InChI=1S/C19H23NO/c1-14-3-7-16(8-4-14)19(17-9-10-17)20-13-15-5-11-18(21-2)12-6-15/h3-8,11-12,17,19-20H,9-10,13H2,1-2H3. The third kappa shape index (κ3) is 3.64. The summed E-state index contributed by atoms with van der Waals surface area (Å²) in [5, 5.41) is 3.73. The van der Waals surface area contributed by atoms with Crippen molar-refractivity contribution in [2.24, 2.45) is 5.92 Å². The molecule has 0 spiro atoms. The van der Waals surface area contributed by atoms with Crippen LogP contribution in [0.3, 0.4) is 0 Å². The molecule has 0 aliphatic heterocycles. The van der Waals surface area contributed by atoms with Crippen LogP contribution in [0, 0.1) is 12.8 Å². The third-order valence-electron chi connectivity index (χ3n) is 4.22. The van der Waals surface area contributed by atoms with E-state index in [2.05, 4.69) is 48.6 Å². The Labute approximate surface area is 127 Å². The van der Waals surface area contributed by atoms with Crippen LogP contribution in [-0.2, 0) is 6.54 Å². The zero-order chi connectivity index (χ0) is 14.7. The van der Waals surface area contributed by atoms with Crippen molar-refractivity contribution in [1.29, 1.82) is 0 Å². The number of methoxy groups -OCH3 is 1. The minimum atomic E-state index is 0.479. The quantitative estimate of drug-likeness (QED) is 0.855. The van der Waals surface area contributed by atoms with Crippen LogP contribution in [0.15, 0.2) is 48.5 Å². The highest BCUT2D eigenvalue weighted by atomic mass is 16.5. The Hall–Kier alpha value is -1.80. The molecule has 1 fully saturated rings. The number of benzene rings is 2. The average molecular weight is 281 g/mol. The second-order valence-corrected chi connectivity index (χ2v) is 5.95. The maximum atomic E-state index is 5.20. The van der Waals surface area contributed by atoms with Gasteiger partial charge in [-0.3, -0.25) is 0 Å². The van der Waals surface area contributed by atoms with Crippen LogP contribution in [0.1, 0.15) is 35.6 Å². The zero-order valence-corrected chi connectivity index (χ0v) is 12.8. The van der Waals surface area contributed by atoms with Gasteiger partial charge in [-0.05, 0) is 48.9 Å². The van der Waals surface area contributed by atoms with Crippen molar-refractivity contribution >= 4 is 0 Å². The molecule has 1 aliphatic rings. The Morgan fingerprint density at radius 3 is 2.29 bits per heavy atom. The molecule has 110 valence electrons. The highest BCUT2D eigenvalue weighted by molar-refractivity contribution is 5.28. The van der Waals surface area contributed by atoms with Gasteiger partial charge in [0.15, 0.2) is 0 Å². The average Bonchev–Trinajstić information content (AvgIpc) is 3.35. The van der Waals surface area contributed by atoms with Gasteiger partial charge in [-0.1, -0.05) is 42.0 Å². The Morgan fingerprint density at radius 2 is 1.71 bits per heavy atom. The SMILES string of the molecule is COc1ccc(CNC(c2ccc(C)cc2)C2CC2)cc1. The molecule has 0 radical (unpaired) electrons. The molecule has 0 saturated heterocycles. The predicted octanol–water partition coefficient (Wildman–Crippen LogP) is 4.24. The summed E-state index contributed by atoms with van der Waals surface area (Å²) in [5.41, 5.74) is 4.04. The summed E-state index contributed by atoms with van der Waals surface area (Å²) < 4.78 is 5.20. The van der Waals surface area contributed by atoms with Gasteiger partial charge in [-0.25, -0.2) is 0 Å². The summed E-state index contributed by atoms with van der Waals surface area (Å²) in [7, 11) is 1.70. The highest BCUT2D eigenvalue weighted by Gasteiger charge is 2.31. The topological polar surface area (TPSA) is 21.3 Å². The zero-order valence-electron chi connectivity index (χ0n) is 12.8. The maximum Gasteiger partial charge on any atom is 0.118 e. The van der Waals surface area contributed by atoms with Crippen LogP contribution in [0.5, 0.6) is 5.75 Å². The molecule has 1 atom stereocenters. The summed E-state index contributed by atoms with van der Waals surface area (Å²) in [5.74, 6) is 1.71. The van der Waals surface area contributed by atoms with Gasteiger partial charge in [0.25, 0.3) is 0 Å². The lowest BCUT2D eigenvalue weighted by molar-refractivity contribution is 0.414. The summed E-state index contributed by atoms with van der Waals surface area (Å²) in [6.45, 7) is 3.04. The molecule has 2 aromatic carbocycles. The number of hydrogen-bond acceptors (Lipinski definition) is 2. The van der Waals surface area contributed by atoms with Gasteiger partial charge in [0.2, 0.25) is 0 Å². The number of hydrogen-bond donors (Lipinski definition) is 1. The van der Waals surface area contributed by atoms with E-state index in [1.54, 1.807) is 7.11 Å². The van der Waals surface area contributed by atoms with Gasteiger partial charge in [-0.2, -0.15) is 0 Å². The molecular formula is C19H23NO. The summed E-state index contributed by atoms with van der Waals surface area (Å²) in [6, 6.07) is 17.7. The Bertz CT molecular complexity index is 570. The number of ether oxygens (including phenoxy) is 1. The van der Waals surface area contributed by atoms with Gasteiger partial charge in [0.1, 0.15) is 5.75 Å². The minimum absolute atomic E-state index is 0.479. The van der Waals surface area contributed by atoms with Crippen LogP contribution in [0.25, 0.3) is 0 Å². The highest BCUT2D eigenvalue weighted by Crippen LogP contribution is 2.41. The molecule has 1 aliphatic carbocycles. The van der Waals surface area contributed by atoms with Gasteiger partial charge in [0, 0.05) is 12.6 Å². The molecule has 3 rings (SSSR count). The first-order valence-corrected chi connectivity index (χ1v) is 7.69. The molecule has 0 heterocycles. The second kappa shape index (κ2) is 6.31. The fourth-order valence-electron chi connectivity index (χ4n) is 2.73. The van der Waals surface area contributed by atoms with Crippen molar-refractivity contribution in [3.63, 3.8) is 0 Å². The van der Waals surface area contributed by atoms with Crippen molar-refractivity contribution in [3.05, 3.63) is 65.2 Å². The lowest BCUT2D eigenvalue weighted by Crippen LogP contribution is -2.22. The largest absolute Gasteiger partial charge is 0.497 e. The minimum Gasteiger partial charge on any atom is -0.497 e. The predicted molar refractivity (Wildman–Crippen MR) is 86.5 cm³/mol. The normalized spacial score (nSPS) is 15.7. The van der Waals surface area contributed by atoms with Gasteiger partial charge in [0.05, 0.1) is 7.11 Å². The fraction of sp³-hybridized carbons (Fsp3) is 0.368. The lowest BCUT2D eigenvalue weighted by Gasteiger charge is -2.19. The van der Waals surface area contributed by atoms with Gasteiger partial charge >= 0.3 is 0 Å². The van der Waals surface area contributed by atoms with Crippen LogP contribution in [0.2, 0.25) is 0 Å². The molecule has 0 bridgehead atoms. The van der Waals surface area contributed by atoms with E-state index in [4.69, 9.17) is 4.74 Å². The molecule has 2 heteroatoms. The van der Waals surface area contributed by atoms with Crippen molar-refractivity contribution in [2.75, 3.05) is 7.11 Å². The number of rotatable bonds is 6. The van der Waals surface area contributed by atoms with Crippen LogP contribution < -0.4 is 10.1 Å². The summed E-state index contributed by atoms with van der Waals surface area (Å²) in [4.78, 5) is 0. The first-order chi connectivity index (χ1) is 10.3. The van der Waals surface area contributed by atoms with E-state index in [-0.39, 0.29) is 0 Å². The van der Waals surface area contributed by atoms with Crippen LogP contribution in [-0.4, -0.2) is 7.11 Å². The van der Waals surface area contributed by atoms with Crippen molar-refractivity contribution < 1.29 is 4.74 Å². The Balaban J connectivity index is 1.66. The molecular weight excluding hydrogens is 258 g/mol. The van der Waals surface area contributed by atoms with Gasteiger partial charge < -0.3 is 10.1 Å². The Kier molecular flexibility index (Phi) is 4.26. The molecule has 1 unspecified atom stereocenters. The van der Waals surface area contributed by atoms with Gasteiger partial charge in [-0.15, -0.1) is 0 Å². The first kappa shape index (κ1) is 14.2. The third-order valence-corrected chi connectivity index (χ3v) is 4.22. The van der Waals surface area contributed by atoms with E-state index in [0.29, 0.717) is 6.04 Å². The van der Waals surface area contributed by atoms with Crippen LogP contribution >= 0.6 is 0 Å². The fourth-order valence-corrected chi connectivity index (χ4v) is 2.73. The monoisotopic (exact) mass is 281 g/mol. The molecule has 21 heavy (non-hydrogen) atoms. The number of nitrogens with one attached hydrogen (secondary N) is 1. The smallest absolute Gasteiger partial charge is 0.118 e. The summed E-state index contributed by atoms with van der Waals surface area (Å²) >= 11 is 0. The van der Waals surface area contributed by atoms with E-state index < -0.39 is 0 Å². The Morgan fingerprint density at radius 1 is 1.05 bits per heavy atom. The van der Waals surface area contributed by atoms with Crippen LogP contribution in [0.4, 0.5) is 0 Å². The first-order valence-electron chi connectivity index (χ1n) is 7.69. The lowest BCUT2D eigenvalue weighted by atomic mass is 10.0. The van der Waals surface area contributed by atoms with Crippen molar-refractivity contribution in [3.8, 4) is 5.75 Å².